The largest absolute Gasteiger partial charge is 0.294 e. The minimum atomic E-state index is 0.797. The van der Waals surface area contributed by atoms with Gasteiger partial charge in [0.05, 0.1) is 6.07 Å². The molecule has 0 N–H and O–H groups in total. The highest BCUT2D eigenvalue weighted by Gasteiger charge is 2.11. The highest BCUT2D eigenvalue weighted by molar-refractivity contribution is 5.24. The summed E-state index contributed by atoms with van der Waals surface area (Å²) in [6, 6.07) is 12.6. The lowest BCUT2D eigenvalue weighted by Crippen LogP contribution is -2.29. The zero-order valence-corrected chi connectivity index (χ0v) is 8.69. The van der Waals surface area contributed by atoms with Gasteiger partial charge in [0, 0.05) is 25.2 Å². The molecular weight excluding hydrogens is 184 g/mol. The average Bonchev–Trinajstić information content (AvgIpc) is 2.31. The van der Waals surface area contributed by atoms with Gasteiger partial charge in [-0.05, 0) is 12.0 Å². The Morgan fingerprint density at radius 1 is 1.27 bits per heavy atom. The molecule has 0 saturated carbocycles. The number of hydrogen-bond acceptors (Lipinski definition) is 2. The maximum atomic E-state index is 8.83. The Morgan fingerprint density at radius 3 is 2.80 bits per heavy atom. The van der Waals surface area contributed by atoms with Gasteiger partial charge in [0.25, 0.3) is 0 Å². The lowest BCUT2D eigenvalue weighted by Gasteiger charge is -2.24. The number of hydrogen-bond donors (Lipinski definition) is 0. The molecule has 1 aliphatic heterocycles. The van der Waals surface area contributed by atoms with E-state index < -0.39 is 0 Å². The molecule has 1 heterocycles. The van der Waals surface area contributed by atoms with Crippen molar-refractivity contribution < 1.29 is 0 Å². The molecule has 0 aromatic heterocycles. The van der Waals surface area contributed by atoms with Crippen LogP contribution in [0.1, 0.15) is 12.0 Å². The topological polar surface area (TPSA) is 27.0 Å². The summed E-state index contributed by atoms with van der Waals surface area (Å²) >= 11 is 0. The summed E-state index contributed by atoms with van der Waals surface area (Å²) in [5.74, 6) is 0. The number of rotatable bonds is 2. The van der Waals surface area contributed by atoms with E-state index in [1.165, 1.54) is 5.56 Å². The molecule has 1 aliphatic rings. The van der Waals surface area contributed by atoms with Crippen LogP contribution in [0, 0.1) is 11.3 Å². The van der Waals surface area contributed by atoms with Gasteiger partial charge in [0.2, 0.25) is 0 Å². The predicted octanol–water partition coefficient (Wildman–Crippen LogP) is 2.34. The van der Waals surface area contributed by atoms with Gasteiger partial charge in [-0.2, -0.15) is 5.26 Å². The van der Waals surface area contributed by atoms with Gasteiger partial charge in [-0.3, -0.25) is 4.90 Å². The van der Waals surface area contributed by atoms with Crippen molar-refractivity contribution in [2.45, 2.75) is 13.0 Å². The third-order valence-corrected chi connectivity index (χ3v) is 2.62. The Morgan fingerprint density at radius 2 is 2.07 bits per heavy atom. The molecule has 2 heteroatoms. The van der Waals surface area contributed by atoms with E-state index in [4.69, 9.17) is 5.26 Å². The Balaban J connectivity index is 1.98. The maximum absolute atomic E-state index is 8.83. The Hall–Kier alpha value is -1.59. The second-order valence-electron chi connectivity index (χ2n) is 3.83. The van der Waals surface area contributed by atoms with E-state index >= 15 is 0 Å². The van der Waals surface area contributed by atoms with Crippen molar-refractivity contribution in [3.8, 4) is 6.07 Å². The van der Waals surface area contributed by atoms with Crippen LogP contribution < -0.4 is 0 Å². The van der Waals surface area contributed by atoms with Crippen molar-refractivity contribution in [2.75, 3.05) is 13.1 Å². The predicted molar refractivity (Wildman–Crippen MR) is 60.0 cm³/mol. The molecule has 0 radical (unpaired) electrons. The van der Waals surface area contributed by atoms with Crippen LogP contribution in [0.25, 0.3) is 0 Å². The SMILES string of the molecule is N#CC1=CCCN(Cc2ccccc2)C1. The fourth-order valence-electron chi connectivity index (χ4n) is 1.86. The first-order valence-corrected chi connectivity index (χ1v) is 5.24. The summed E-state index contributed by atoms with van der Waals surface area (Å²) in [5.41, 5.74) is 2.22. The lowest BCUT2D eigenvalue weighted by atomic mass is 10.1. The summed E-state index contributed by atoms with van der Waals surface area (Å²) < 4.78 is 0. The average molecular weight is 198 g/mol. The van der Waals surface area contributed by atoms with Crippen LogP contribution in [-0.2, 0) is 6.54 Å². The monoisotopic (exact) mass is 198 g/mol. The summed E-state index contributed by atoms with van der Waals surface area (Å²) in [6.45, 7) is 2.80. The fourth-order valence-corrected chi connectivity index (χ4v) is 1.86. The van der Waals surface area contributed by atoms with Crippen molar-refractivity contribution in [1.29, 1.82) is 5.26 Å². The first kappa shape index (κ1) is 9.95. The van der Waals surface area contributed by atoms with Crippen LogP contribution in [0.3, 0.4) is 0 Å². The van der Waals surface area contributed by atoms with Crippen molar-refractivity contribution in [3.63, 3.8) is 0 Å². The molecule has 2 nitrogen and oxygen atoms in total. The van der Waals surface area contributed by atoms with Gasteiger partial charge in [-0.15, -0.1) is 0 Å². The van der Waals surface area contributed by atoms with Crippen molar-refractivity contribution in [2.24, 2.45) is 0 Å². The zero-order valence-electron chi connectivity index (χ0n) is 8.69. The van der Waals surface area contributed by atoms with E-state index in [0.717, 1.165) is 31.6 Å². The molecule has 0 bridgehead atoms. The summed E-state index contributed by atoms with van der Waals surface area (Å²) in [6.07, 6.45) is 3.04. The third kappa shape index (κ3) is 2.68. The minimum absolute atomic E-state index is 0.797. The quantitative estimate of drug-likeness (QED) is 0.729. The zero-order chi connectivity index (χ0) is 10.5. The van der Waals surface area contributed by atoms with Crippen LogP contribution in [0.15, 0.2) is 42.0 Å². The highest BCUT2D eigenvalue weighted by atomic mass is 15.1. The van der Waals surface area contributed by atoms with E-state index in [2.05, 4.69) is 35.2 Å². The normalized spacial score (nSPS) is 16.9. The molecule has 76 valence electrons. The molecule has 1 aromatic rings. The lowest BCUT2D eigenvalue weighted by molar-refractivity contribution is 0.285. The molecule has 0 saturated heterocycles. The second-order valence-corrected chi connectivity index (χ2v) is 3.83. The van der Waals surface area contributed by atoms with Gasteiger partial charge in [-0.1, -0.05) is 36.4 Å². The molecular formula is C13H14N2. The van der Waals surface area contributed by atoms with E-state index in [-0.39, 0.29) is 0 Å². The van der Waals surface area contributed by atoms with Crippen LogP contribution >= 0.6 is 0 Å². The van der Waals surface area contributed by atoms with Crippen LogP contribution in [-0.4, -0.2) is 18.0 Å². The Bertz CT molecular complexity index is 387. The molecule has 0 unspecified atom stereocenters. The van der Waals surface area contributed by atoms with E-state index in [1.54, 1.807) is 0 Å². The van der Waals surface area contributed by atoms with Gasteiger partial charge in [0.1, 0.15) is 0 Å². The molecule has 0 spiro atoms. The summed E-state index contributed by atoms with van der Waals surface area (Å²) in [7, 11) is 0. The molecule has 0 fully saturated rings. The maximum Gasteiger partial charge on any atom is 0.0957 e. The van der Waals surface area contributed by atoms with Gasteiger partial charge >= 0.3 is 0 Å². The molecule has 0 aliphatic carbocycles. The first-order valence-electron chi connectivity index (χ1n) is 5.24. The van der Waals surface area contributed by atoms with Crippen LogP contribution in [0.5, 0.6) is 0 Å². The Labute approximate surface area is 90.4 Å². The number of nitrogens with zero attached hydrogens (tertiary/aromatic N) is 2. The van der Waals surface area contributed by atoms with Crippen molar-refractivity contribution in [1.82, 2.24) is 4.90 Å². The number of nitriles is 1. The second kappa shape index (κ2) is 4.77. The summed E-state index contributed by atoms with van der Waals surface area (Å²) in [4.78, 5) is 2.31. The molecule has 1 aromatic carbocycles. The third-order valence-electron chi connectivity index (χ3n) is 2.62. The first-order chi connectivity index (χ1) is 7.38. The molecule has 0 atom stereocenters. The van der Waals surface area contributed by atoms with Gasteiger partial charge in [-0.25, -0.2) is 0 Å². The van der Waals surface area contributed by atoms with Gasteiger partial charge in [0.15, 0.2) is 0 Å². The molecule has 2 rings (SSSR count). The standard InChI is InChI=1S/C13H14N2/c14-9-13-7-4-8-15(11-13)10-12-5-2-1-3-6-12/h1-3,5-7H,4,8,10-11H2. The van der Waals surface area contributed by atoms with E-state index in [0.29, 0.717) is 0 Å². The number of benzene rings is 1. The Kier molecular flexibility index (Phi) is 3.16. The summed E-state index contributed by atoms with van der Waals surface area (Å²) in [5, 5.41) is 8.83. The van der Waals surface area contributed by atoms with Crippen LogP contribution in [0.4, 0.5) is 0 Å². The fraction of sp³-hybridized carbons (Fsp3) is 0.308. The molecule has 15 heavy (non-hydrogen) atoms. The molecule has 0 amide bonds. The van der Waals surface area contributed by atoms with E-state index in [9.17, 15) is 0 Å². The minimum Gasteiger partial charge on any atom is -0.294 e. The van der Waals surface area contributed by atoms with Crippen molar-refractivity contribution in [3.05, 3.63) is 47.5 Å². The van der Waals surface area contributed by atoms with Crippen molar-refractivity contribution >= 4 is 0 Å². The highest BCUT2D eigenvalue weighted by Crippen LogP contribution is 2.12. The van der Waals surface area contributed by atoms with Gasteiger partial charge < -0.3 is 0 Å². The smallest absolute Gasteiger partial charge is 0.0957 e. The van der Waals surface area contributed by atoms with Crippen LogP contribution in [0.2, 0.25) is 0 Å². The van der Waals surface area contributed by atoms with E-state index in [1.807, 2.05) is 12.1 Å².